The minimum atomic E-state index is -2.89. The van der Waals surface area contributed by atoms with Gasteiger partial charge in [0.2, 0.25) is 0 Å². The van der Waals surface area contributed by atoms with Crippen LogP contribution in [0.15, 0.2) is 18.2 Å². The summed E-state index contributed by atoms with van der Waals surface area (Å²) in [6.07, 6.45) is 2.13. The summed E-state index contributed by atoms with van der Waals surface area (Å²) >= 11 is 0. The quantitative estimate of drug-likeness (QED) is 0.738. The molecule has 0 aromatic heterocycles. The molecule has 1 aliphatic rings. The highest BCUT2D eigenvalue weighted by molar-refractivity contribution is 5.77. The van der Waals surface area contributed by atoms with E-state index in [4.69, 9.17) is 4.74 Å². The van der Waals surface area contributed by atoms with E-state index in [1.165, 1.54) is 13.2 Å². The molecule has 1 aromatic rings. The maximum Gasteiger partial charge on any atom is 0.387 e. The topological polar surface area (TPSA) is 52.0 Å². The molecule has 1 aliphatic carbocycles. The van der Waals surface area contributed by atoms with E-state index in [0.29, 0.717) is 19.1 Å². The fourth-order valence-electron chi connectivity index (χ4n) is 2.21. The number of carbonyl (C=O) groups is 1. The van der Waals surface area contributed by atoms with Crippen molar-refractivity contribution < 1.29 is 27.9 Å². The number of hydrogen-bond donors (Lipinski definition) is 2. The second-order valence-electron chi connectivity index (χ2n) is 5.52. The van der Waals surface area contributed by atoms with E-state index in [9.17, 15) is 13.6 Å². The fraction of sp³-hybridized carbons (Fsp3) is 0.533. The molecule has 1 saturated carbocycles. The largest absolute Gasteiger partial charge is 0.493 e. The van der Waals surface area contributed by atoms with Gasteiger partial charge in [0.25, 0.3) is 5.91 Å². The third-order valence-electron chi connectivity index (χ3n) is 3.35. The number of benzene rings is 1. The zero-order valence-corrected chi connectivity index (χ0v) is 12.7. The Morgan fingerprint density at radius 1 is 1.41 bits per heavy atom. The smallest absolute Gasteiger partial charge is 0.387 e. The first kappa shape index (κ1) is 16.5. The van der Waals surface area contributed by atoms with E-state index in [1.807, 2.05) is 7.05 Å². The van der Waals surface area contributed by atoms with Crippen molar-refractivity contribution in [1.29, 1.82) is 0 Å². The normalized spacial score (nSPS) is 15.5. The van der Waals surface area contributed by atoms with Crippen LogP contribution >= 0.6 is 0 Å². The summed E-state index contributed by atoms with van der Waals surface area (Å²) in [5, 5.41) is 2.94. The minimum absolute atomic E-state index is 0.00498. The summed E-state index contributed by atoms with van der Waals surface area (Å²) in [6, 6.07) is 5.16. The van der Waals surface area contributed by atoms with Gasteiger partial charge in [-0.1, -0.05) is 0 Å². The Labute approximate surface area is 128 Å². The third kappa shape index (κ3) is 5.14. The van der Waals surface area contributed by atoms with Gasteiger partial charge >= 0.3 is 6.61 Å². The zero-order chi connectivity index (χ0) is 16.1. The molecular formula is C15H21F2N2O3+. The average molecular weight is 315 g/mol. The summed E-state index contributed by atoms with van der Waals surface area (Å²) in [4.78, 5) is 12.7. The monoisotopic (exact) mass is 315 g/mol. The first-order valence-electron chi connectivity index (χ1n) is 7.20. The highest BCUT2D eigenvalue weighted by Gasteiger charge is 2.24. The Hall–Kier alpha value is -1.89. The van der Waals surface area contributed by atoms with Gasteiger partial charge in [0.15, 0.2) is 18.0 Å². The van der Waals surface area contributed by atoms with Crippen LogP contribution in [0, 0.1) is 0 Å². The Morgan fingerprint density at radius 2 is 2.14 bits per heavy atom. The fourth-order valence-corrected chi connectivity index (χ4v) is 2.21. The first-order valence-corrected chi connectivity index (χ1v) is 7.20. The van der Waals surface area contributed by atoms with Crippen LogP contribution < -0.4 is 19.7 Å². The number of ether oxygens (including phenoxy) is 2. The summed E-state index contributed by atoms with van der Waals surface area (Å²) in [6.45, 7) is -1.93. The van der Waals surface area contributed by atoms with Crippen LogP contribution in [0.5, 0.6) is 11.5 Å². The number of rotatable bonds is 8. The molecule has 0 spiro atoms. The molecule has 0 aliphatic heterocycles. The Morgan fingerprint density at radius 3 is 2.73 bits per heavy atom. The van der Waals surface area contributed by atoms with E-state index in [2.05, 4.69) is 10.1 Å². The molecule has 5 nitrogen and oxygen atoms in total. The number of amides is 1. The molecule has 2 N–H and O–H groups in total. The summed E-state index contributed by atoms with van der Waals surface area (Å²) < 4.78 is 34.0. The standard InChI is InChI=1S/C15H20F2N2O3/c1-19(9-14(20)18-11-4-5-11)8-10-3-6-12(22-15(16)17)13(7-10)21-2/h3,6-7,11,15H,4-5,8-9H2,1-2H3,(H,18,20)/p+1. The molecule has 1 aromatic carbocycles. The lowest BCUT2D eigenvalue weighted by atomic mass is 10.2. The maximum atomic E-state index is 12.3. The van der Waals surface area contributed by atoms with E-state index in [1.54, 1.807) is 12.1 Å². The molecule has 1 fully saturated rings. The number of quaternary nitrogens is 1. The second kappa shape index (κ2) is 7.40. The summed E-state index contributed by atoms with van der Waals surface area (Å²) in [5.41, 5.74) is 0.884. The number of likely N-dealkylation sites (N-methyl/N-ethyl adjacent to an activating group) is 1. The van der Waals surface area contributed by atoms with Gasteiger partial charge in [0.1, 0.15) is 6.54 Å². The Balaban J connectivity index is 1.91. The zero-order valence-electron chi connectivity index (χ0n) is 12.7. The molecule has 1 unspecified atom stereocenters. The van der Waals surface area contributed by atoms with Crippen LogP contribution in [0.4, 0.5) is 8.78 Å². The lowest BCUT2D eigenvalue weighted by molar-refractivity contribution is -0.885. The van der Waals surface area contributed by atoms with E-state index in [0.717, 1.165) is 23.3 Å². The predicted octanol–water partition coefficient (Wildman–Crippen LogP) is 0.590. The van der Waals surface area contributed by atoms with Crippen LogP contribution in [0.25, 0.3) is 0 Å². The minimum Gasteiger partial charge on any atom is -0.493 e. The van der Waals surface area contributed by atoms with Gasteiger partial charge in [0.05, 0.1) is 14.2 Å². The van der Waals surface area contributed by atoms with Crippen molar-refractivity contribution in [1.82, 2.24) is 5.32 Å². The van der Waals surface area contributed by atoms with Gasteiger partial charge in [-0.3, -0.25) is 4.79 Å². The van der Waals surface area contributed by atoms with Crippen molar-refractivity contribution in [2.24, 2.45) is 0 Å². The number of nitrogens with one attached hydrogen (secondary N) is 2. The summed E-state index contributed by atoms with van der Waals surface area (Å²) in [7, 11) is 3.31. The maximum absolute atomic E-state index is 12.3. The third-order valence-corrected chi connectivity index (χ3v) is 3.35. The molecule has 0 bridgehead atoms. The number of methoxy groups -OCH3 is 1. The van der Waals surface area contributed by atoms with Crippen LogP contribution in [0.1, 0.15) is 18.4 Å². The van der Waals surface area contributed by atoms with Crippen molar-refractivity contribution >= 4 is 5.91 Å². The molecule has 0 heterocycles. The van der Waals surface area contributed by atoms with E-state index >= 15 is 0 Å². The number of halogens is 2. The van der Waals surface area contributed by atoms with Gasteiger partial charge in [-0.25, -0.2) is 0 Å². The highest BCUT2D eigenvalue weighted by atomic mass is 19.3. The lowest BCUT2D eigenvalue weighted by Gasteiger charge is -2.15. The Bertz CT molecular complexity index is 522. The van der Waals surface area contributed by atoms with Gasteiger partial charge in [-0.05, 0) is 31.0 Å². The molecule has 122 valence electrons. The number of alkyl halides is 2. The SMILES string of the molecule is COc1cc(C[NH+](C)CC(=O)NC2CC2)ccc1OC(F)F. The van der Waals surface area contributed by atoms with Gasteiger partial charge < -0.3 is 19.7 Å². The lowest BCUT2D eigenvalue weighted by Crippen LogP contribution is -3.08. The molecule has 0 saturated heterocycles. The van der Waals surface area contributed by atoms with Crippen molar-refractivity contribution in [2.45, 2.75) is 32.0 Å². The second-order valence-corrected chi connectivity index (χ2v) is 5.52. The van der Waals surface area contributed by atoms with E-state index < -0.39 is 6.61 Å². The van der Waals surface area contributed by atoms with Gasteiger partial charge in [-0.15, -0.1) is 0 Å². The number of hydrogen-bond acceptors (Lipinski definition) is 3. The van der Waals surface area contributed by atoms with Crippen LogP contribution in [-0.4, -0.2) is 39.3 Å². The van der Waals surface area contributed by atoms with Crippen LogP contribution in [0.2, 0.25) is 0 Å². The molecule has 0 radical (unpaired) electrons. The van der Waals surface area contributed by atoms with Gasteiger partial charge in [-0.2, -0.15) is 8.78 Å². The molecule has 2 rings (SSSR count). The average Bonchev–Trinajstić information content (AvgIpc) is 3.23. The predicted molar refractivity (Wildman–Crippen MR) is 76.2 cm³/mol. The Kier molecular flexibility index (Phi) is 5.54. The highest BCUT2D eigenvalue weighted by Crippen LogP contribution is 2.29. The molecular weight excluding hydrogens is 294 g/mol. The van der Waals surface area contributed by atoms with Crippen molar-refractivity contribution in [2.75, 3.05) is 20.7 Å². The van der Waals surface area contributed by atoms with Crippen molar-refractivity contribution in [3.63, 3.8) is 0 Å². The molecule has 7 heteroatoms. The van der Waals surface area contributed by atoms with E-state index in [-0.39, 0.29) is 17.4 Å². The molecule has 1 atom stereocenters. The van der Waals surface area contributed by atoms with Crippen LogP contribution in [-0.2, 0) is 11.3 Å². The first-order chi connectivity index (χ1) is 10.5. The molecule has 22 heavy (non-hydrogen) atoms. The van der Waals surface area contributed by atoms with Crippen molar-refractivity contribution in [3.05, 3.63) is 23.8 Å². The summed E-state index contributed by atoms with van der Waals surface area (Å²) in [5.74, 6) is 0.294. The molecule has 1 amide bonds. The van der Waals surface area contributed by atoms with Crippen LogP contribution in [0.3, 0.4) is 0 Å². The van der Waals surface area contributed by atoms with Gasteiger partial charge in [0, 0.05) is 11.6 Å². The number of carbonyl (C=O) groups excluding carboxylic acids is 1. The van der Waals surface area contributed by atoms with Crippen molar-refractivity contribution in [3.8, 4) is 11.5 Å².